The van der Waals surface area contributed by atoms with Gasteiger partial charge in [-0.2, -0.15) is 0 Å². The van der Waals surface area contributed by atoms with E-state index in [9.17, 15) is 4.79 Å². The lowest BCUT2D eigenvalue weighted by atomic mass is 10.1. The van der Waals surface area contributed by atoms with Gasteiger partial charge < -0.3 is 5.32 Å². The SMILES string of the molecule is O=C(CCc1ccccc1)Nc1ccc(-c2ccc(Br)cc2)cc1. The normalized spacial score (nSPS) is 10.4. The monoisotopic (exact) mass is 379 g/mol. The van der Waals surface area contributed by atoms with Gasteiger partial charge >= 0.3 is 0 Å². The van der Waals surface area contributed by atoms with Crippen LogP contribution in [0.3, 0.4) is 0 Å². The second-order valence-corrected chi connectivity index (χ2v) is 6.53. The predicted molar refractivity (Wildman–Crippen MR) is 103 cm³/mol. The van der Waals surface area contributed by atoms with Crippen molar-refractivity contribution < 1.29 is 4.79 Å². The molecular formula is C21H18BrNO. The molecule has 0 saturated carbocycles. The molecule has 0 atom stereocenters. The summed E-state index contributed by atoms with van der Waals surface area (Å²) in [5.41, 5.74) is 4.29. The fraction of sp³-hybridized carbons (Fsp3) is 0.0952. The van der Waals surface area contributed by atoms with Crippen LogP contribution in [0.1, 0.15) is 12.0 Å². The van der Waals surface area contributed by atoms with Crippen molar-refractivity contribution in [2.24, 2.45) is 0 Å². The lowest BCUT2D eigenvalue weighted by molar-refractivity contribution is -0.116. The molecular weight excluding hydrogens is 362 g/mol. The zero-order valence-electron chi connectivity index (χ0n) is 13.2. The minimum atomic E-state index is 0.0373. The number of aryl methyl sites for hydroxylation is 1. The Hall–Kier alpha value is -2.39. The first-order valence-electron chi connectivity index (χ1n) is 7.90. The summed E-state index contributed by atoms with van der Waals surface area (Å²) in [5, 5.41) is 2.95. The van der Waals surface area contributed by atoms with Crippen LogP contribution in [0.5, 0.6) is 0 Å². The Morgan fingerprint density at radius 2 is 1.38 bits per heavy atom. The smallest absolute Gasteiger partial charge is 0.224 e. The van der Waals surface area contributed by atoms with E-state index >= 15 is 0 Å². The highest BCUT2D eigenvalue weighted by Gasteiger charge is 2.04. The van der Waals surface area contributed by atoms with E-state index in [0.717, 1.165) is 27.7 Å². The van der Waals surface area contributed by atoms with Crippen LogP contribution in [0.4, 0.5) is 5.69 Å². The Kier molecular flexibility index (Phi) is 5.44. The Morgan fingerprint density at radius 3 is 2.00 bits per heavy atom. The summed E-state index contributed by atoms with van der Waals surface area (Å²) in [6.45, 7) is 0. The van der Waals surface area contributed by atoms with Crippen molar-refractivity contribution in [2.75, 3.05) is 5.32 Å². The molecule has 0 heterocycles. The molecule has 120 valence electrons. The summed E-state index contributed by atoms with van der Waals surface area (Å²) < 4.78 is 1.06. The van der Waals surface area contributed by atoms with E-state index < -0.39 is 0 Å². The van der Waals surface area contributed by atoms with Gasteiger partial charge in [0.05, 0.1) is 0 Å². The zero-order valence-corrected chi connectivity index (χ0v) is 14.8. The summed E-state index contributed by atoms with van der Waals surface area (Å²) in [4.78, 5) is 12.1. The first-order valence-corrected chi connectivity index (χ1v) is 8.70. The summed E-state index contributed by atoms with van der Waals surface area (Å²) in [7, 11) is 0. The molecule has 0 bridgehead atoms. The first-order chi connectivity index (χ1) is 11.7. The maximum absolute atomic E-state index is 12.1. The van der Waals surface area contributed by atoms with E-state index in [0.29, 0.717) is 6.42 Å². The Morgan fingerprint density at radius 1 is 0.792 bits per heavy atom. The van der Waals surface area contributed by atoms with Crippen LogP contribution in [-0.2, 0) is 11.2 Å². The molecule has 0 aliphatic carbocycles. The van der Waals surface area contributed by atoms with Crippen LogP contribution in [0.2, 0.25) is 0 Å². The number of rotatable bonds is 5. The number of anilines is 1. The van der Waals surface area contributed by atoms with Crippen LogP contribution in [0, 0.1) is 0 Å². The largest absolute Gasteiger partial charge is 0.326 e. The van der Waals surface area contributed by atoms with Gasteiger partial charge in [0.2, 0.25) is 5.91 Å². The quantitative estimate of drug-likeness (QED) is 0.606. The van der Waals surface area contributed by atoms with Crippen LogP contribution in [0.25, 0.3) is 11.1 Å². The van der Waals surface area contributed by atoms with E-state index in [4.69, 9.17) is 0 Å². The Balaban J connectivity index is 1.57. The van der Waals surface area contributed by atoms with Crippen LogP contribution >= 0.6 is 15.9 Å². The fourth-order valence-corrected chi connectivity index (χ4v) is 2.78. The molecule has 1 N–H and O–H groups in total. The number of carbonyl (C=O) groups excluding carboxylic acids is 1. The van der Waals surface area contributed by atoms with Crippen molar-refractivity contribution in [3.63, 3.8) is 0 Å². The molecule has 0 fully saturated rings. The van der Waals surface area contributed by atoms with Gasteiger partial charge in [0.1, 0.15) is 0 Å². The average Bonchev–Trinajstić information content (AvgIpc) is 2.62. The van der Waals surface area contributed by atoms with Crippen LogP contribution < -0.4 is 5.32 Å². The van der Waals surface area contributed by atoms with Crippen molar-refractivity contribution >= 4 is 27.5 Å². The maximum Gasteiger partial charge on any atom is 0.224 e. The third-order valence-electron chi connectivity index (χ3n) is 3.83. The molecule has 0 spiro atoms. The molecule has 3 aromatic rings. The van der Waals surface area contributed by atoms with Gasteiger partial charge in [0, 0.05) is 16.6 Å². The highest BCUT2D eigenvalue weighted by molar-refractivity contribution is 9.10. The molecule has 3 heteroatoms. The van der Waals surface area contributed by atoms with E-state index in [-0.39, 0.29) is 5.91 Å². The van der Waals surface area contributed by atoms with E-state index in [1.165, 1.54) is 5.56 Å². The summed E-state index contributed by atoms with van der Waals surface area (Å²) in [6, 6.07) is 26.2. The molecule has 1 amide bonds. The lowest BCUT2D eigenvalue weighted by Crippen LogP contribution is -2.12. The summed E-state index contributed by atoms with van der Waals surface area (Å²) in [6.07, 6.45) is 1.24. The molecule has 0 aliphatic heterocycles. The zero-order chi connectivity index (χ0) is 16.8. The van der Waals surface area contributed by atoms with Gasteiger partial charge in [0.15, 0.2) is 0 Å². The molecule has 0 unspecified atom stereocenters. The number of halogens is 1. The number of amides is 1. The van der Waals surface area contributed by atoms with Crippen molar-refractivity contribution in [3.05, 3.63) is 88.9 Å². The Bertz CT molecular complexity index is 796. The van der Waals surface area contributed by atoms with Gasteiger partial charge in [-0.3, -0.25) is 4.79 Å². The number of benzene rings is 3. The van der Waals surface area contributed by atoms with Crippen LogP contribution in [-0.4, -0.2) is 5.91 Å². The second kappa shape index (κ2) is 7.93. The van der Waals surface area contributed by atoms with Gasteiger partial charge in [-0.1, -0.05) is 70.5 Å². The van der Waals surface area contributed by atoms with E-state index in [1.807, 2.05) is 66.7 Å². The molecule has 0 saturated heterocycles. The van der Waals surface area contributed by atoms with E-state index in [1.54, 1.807) is 0 Å². The average molecular weight is 380 g/mol. The minimum Gasteiger partial charge on any atom is -0.326 e. The van der Waals surface area contributed by atoms with Gasteiger partial charge in [0.25, 0.3) is 0 Å². The molecule has 3 rings (SSSR count). The van der Waals surface area contributed by atoms with Crippen molar-refractivity contribution in [3.8, 4) is 11.1 Å². The first kappa shape index (κ1) is 16.5. The molecule has 0 aliphatic rings. The maximum atomic E-state index is 12.1. The van der Waals surface area contributed by atoms with Gasteiger partial charge in [-0.05, 0) is 47.4 Å². The Labute approximate surface area is 150 Å². The second-order valence-electron chi connectivity index (χ2n) is 5.62. The minimum absolute atomic E-state index is 0.0373. The van der Waals surface area contributed by atoms with Crippen molar-refractivity contribution in [1.82, 2.24) is 0 Å². The summed E-state index contributed by atoms with van der Waals surface area (Å²) in [5.74, 6) is 0.0373. The molecule has 0 aromatic heterocycles. The highest BCUT2D eigenvalue weighted by atomic mass is 79.9. The van der Waals surface area contributed by atoms with Crippen LogP contribution in [0.15, 0.2) is 83.3 Å². The predicted octanol–water partition coefficient (Wildman–Crippen LogP) is 5.69. The van der Waals surface area contributed by atoms with E-state index in [2.05, 4.69) is 33.4 Å². The topological polar surface area (TPSA) is 29.1 Å². The molecule has 0 radical (unpaired) electrons. The third-order valence-corrected chi connectivity index (χ3v) is 4.36. The molecule has 24 heavy (non-hydrogen) atoms. The molecule has 3 aromatic carbocycles. The van der Waals surface area contributed by atoms with Gasteiger partial charge in [-0.25, -0.2) is 0 Å². The third kappa shape index (κ3) is 4.56. The highest BCUT2D eigenvalue weighted by Crippen LogP contribution is 2.23. The van der Waals surface area contributed by atoms with Gasteiger partial charge in [-0.15, -0.1) is 0 Å². The number of carbonyl (C=O) groups is 1. The lowest BCUT2D eigenvalue weighted by Gasteiger charge is -2.07. The van der Waals surface area contributed by atoms with Crippen molar-refractivity contribution in [1.29, 1.82) is 0 Å². The fourth-order valence-electron chi connectivity index (χ4n) is 2.51. The molecule has 2 nitrogen and oxygen atoms in total. The standard InChI is InChI=1S/C21H18BrNO/c22-19-11-7-17(8-12-19)18-9-13-20(14-10-18)23-21(24)15-6-16-4-2-1-3-5-16/h1-5,7-14H,6,15H2,(H,23,24). The number of nitrogens with one attached hydrogen (secondary N) is 1. The summed E-state index contributed by atoms with van der Waals surface area (Å²) >= 11 is 3.44. The number of hydrogen-bond acceptors (Lipinski definition) is 1. The number of hydrogen-bond donors (Lipinski definition) is 1. The van der Waals surface area contributed by atoms with Crippen molar-refractivity contribution in [2.45, 2.75) is 12.8 Å².